The molecule has 3 aliphatic carbocycles. The number of aryl methyl sites for hydroxylation is 1. The van der Waals surface area contributed by atoms with E-state index in [4.69, 9.17) is 18.9 Å². The smallest absolute Gasteiger partial charge is 0.251 e. The number of methoxy groups -OCH3 is 2. The van der Waals surface area contributed by atoms with E-state index >= 15 is 0 Å². The van der Waals surface area contributed by atoms with E-state index in [0.29, 0.717) is 59.7 Å². The van der Waals surface area contributed by atoms with Gasteiger partial charge in [-0.15, -0.1) is 10.2 Å². The summed E-state index contributed by atoms with van der Waals surface area (Å²) in [6.45, 7) is 3.17. The molecule has 4 amide bonds. The van der Waals surface area contributed by atoms with E-state index in [1.807, 2.05) is 36.4 Å². The van der Waals surface area contributed by atoms with Crippen LogP contribution in [0.1, 0.15) is 90.9 Å². The Balaban J connectivity index is 1.06. The Kier molecular flexibility index (Phi) is 11.5. The summed E-state index contributed by atoms with van der Waals surface area (Å²) in [6.07, 6.45) is 6.66. The minimum absolute atomic E-state index is 0.0718. The van der Waals surface area contributed by atoms with Gasteiger partial charge in [-0.05, 0) is 105 Å². The summed E-state index contributed by atoms with van der Waals surface area (Å²) in [6, 6.07) is 13.6. The molecule has 4 heterocycles. The first-order valence-electron chi connectivity index (χ1n) is 21.2. The third-order valence-electron chi connectivity index (χ3n) is 12.2. The highest BCUT2D eigenvalue weighted by Crippen LogP contribution is 2.43. The van der Waals surface area contributed by atoms with Crippen molar-refractivity contribution in [2.75, 3.05) is 51.2 Å². The average Bonchev–Trinajstić information content (AvgIpc) is 4.21. The molecule has 16 heteroatoms. The molecule has 2 aromatic heterocycles. The van der Waals surface area contributed by atoms with E-state index in [-0.39, 0.29) is 60.5 Å². The zero-order chi connectivity index (χ0) is 42.2. The lowest BCUT2D eigenvalue weighted by atomic mass is 9.97. The quantitative estimate of drug-likeness (QED) is 0.119. The summed E-state index contributed by atoms with van der Waals surface area (Å²) in [5.74, 6) is 1.29. The first-order valence-corrected chi connectivity index (χ1v) is 22.0. The normalized spacial score (nSPS) is 21.0. The van der Waals surface area contributed by atoms with Gasteiger partial charge in [-0.1, -0.05) is 29.5 Å². The van der Waals surface area contributed by atoms with Crippen molar-refractivity contribution in [2.24, 2.45) is 11.8 Å². The fraction of sp³-hybridized carbons (Fsp3) is 0.489. The second-order valence-electron chi connectivity index (χ2n) is 17.0. The molecule has 3 saturated carbocycles. The monoisotopic (exact) mass is 849 g/mol. The number of nitrogens with one attached hydrogen (secondary N) is 2. The van der Waals surface area contributed by atoms with Crippen LogP contribution in [0.5, 0.6) is 23.0 Å². The van der Waals surface area contributed by atoms with Gasteiger partial charge in [0, 0.05) is 49.4 Å². The van der Waals surface area contributed by atoms with Crippen molar-refractivity contribution in [3.63, 3.8) is 0 Å². The Bertz CT molecular complexity index is 2310. The molecule has 4 unspecified atom stereocenters. The van der Waals surface area contributed by atoms with Gasteiger partial charge in [0.15, 0.2) is 23.0 Å². The number of rotatable bonds is 18. The van der Waals surface area contributed by atoms with Crippen LogP contribution >= 0.6 is 11.3 Å². The number of ether oxygens (including phenoxy) is 4. The highest BCUT2D eigenvalue weighted by atomic mass is 32.1. The van der Waals surface area contributed by atoms with E-state index < -0.39 is 23.9 Å². The molecular weight excluding hydrogens is 799 g/mol. The molecule has 2 aliphatic heterocycles. The summed E-state index contributed by atoms with van der Waals surface area (Å²) in [5.41, 5.74) is 2.34. The van der Waals surface area contributed by atoms with E-state index in [2.05, 4.69) is 25.8 Å². The third-order valence-corrected chi connectivity index (χ3v) is 13.2. The van der Waals surface area contributed by atoms with Crippen molar-refractivity contribution in [3.8, 4) is 23.0 Å². The number of hydrogen-bond donors (Lipinski definition) is 2. The first kappa shape index (κ1) is 40.6. The van der Waals surface area contributed by atoms with Crippen molar-refractivity contribution in [3.05, 3.63) is 76.4 Å². The van der Waals surface area contributed by atoms with Crippen molar-refractivity contribution >= 4 is 45.9 Å². The summed E-state index contributed by atoms with van der Waals surface area (Å²) in [7, 11) is 3.18. The molecular formula is C45H51N7O8S. The standard InChI is InChI=1S/C45H51N7O8S/c1-25-5-4-6-37(46-25)47-42(55)40(51-21-31(19-38(51)53)29-13-15-33(57-2)35(17-29)59-23-26-7-8-26)41(43(56)48-45-50-49-44(61-45)28-11-12-28)52-22-32(20-39(52)54)30-14-16-34(58-3)36(18-30)60-24-27-9-10-27/h4-6,13-18,26-28,31-32,40-41H,7-12,19-24H2,1-3H3,(H,46,47,55)(H,48,50,56). The number of nitrogens with zero attached hydrogens (tertiary/aromatic N) is 5. The number of aromatic nitrogens is 3. The summed E-state index contributed by atoms with van der Waals surface area (Å²) in [4.78, 5) is 66.0. The molecule has 0 spiro atoms. The fourth-order valence-corrected chi connectivity index (χ4v) is 9.15. The van der Waals surface area contributed by atoms with Crippen LogP contribution in [0.25, 0.3) is 0 Å². The molecule has 61 heavy (non-hydrogen) atoms. The molecule has 5 aliphatic rings. The molecule has 4 aromatic rings. The lowest BCUT2D eigenvalue weighted by Crippen LogP contribution is -2.62. The zero-order valence-electron chi connectivity index (χ0n) is 34.6. The Morgan fingerprint density at radius 3 is 1.74 bits per heavy atom. The average molecular weight is 850 g/mol. The minimum atomic E-state index is -1.45. The molecule has 0 bridgehead atoms. The highest BCUT2D eigenvalue weighted by Gasteiger charge is 2.51. The summed E-state index contributed by atoms with van der Waals surface area (Å²) < 4.78 is 23.5. The molecule has 2 N–H and O–H groups in total. The van der Waals surface area contributed by atoms with Gasteiger partial charge in [-0.3, -0.25) is 24.5 Å². The molecule has 9 rings (SSSR count). The van der Waals surface area contributed by atoms with Gasteiger partial charge in [0.2, 0.25) is 16.9 Å². The zero-order valence-corrected chi connectivity index (χ0v) is 35.4. The number of benzene rings is 2. The van der Waals surface area contributed by atoms with Crippen molar-refractivity contribution in [2.45, 2.75) is 88.1 Å². The van der Waals surface area contributed by atoms with E-state index in [0.717, 1.165) is 54.7 Å². The molecule has 320 valence electrons. The number of likely N-dealkylation sites (tertiary alicyclic amines) is 2. The Morgan fingerprint density at radius 1 is 0.705 bits per heavy atom. The molecule has 4 atom stereocenters. The number of amides is 4. The summed E-state index contributed by atoms with van der Waals surface area (Å²) >= 11 is 1.28. The van der Waals surface area contributed by atoms with Gasteiger partial charge in [-0.2, -0.15) is 0 Å². The van der Waals surface area contributed by atoms with E-state index in [1.54, 1.807) is 39.3 Å². The summed E-state index contributed by atoms with van der Waals surface area (Å²) in [5, 5.41) is 15.4. The number of hydrogen-bond acceptors (Lipinski definition) is 12. The Morgan fingerprint density at radius 2 is 1.25 bits per heavy atom. The van der Waals surface area contributed by atoms with Crippen molar-refractivity contribution < 1.29 is 38.1 Å². The number of pyridine rings is 1. The van der Waals surface area contributed by atoms with Crippen LogP contribution in [-0.4, -0.2) is 101 Å². The maximum atomic E-state index is 14.9. The van der Waals surface area contributed by atoms with Crippen LogP contribution in [0.15, 0.2) is 54.6 Å². The molecule has 2 saturated heterocycles. The van der Waals surface area contributed by atoms with Gasteiger partial charge >= 0.3 is 0 Å². The van der Waals surface area contributed by atoms with Gasteiger partial charge in [0.1, 0.15) is 22.9 Å². The van der Waals surface area contributed by atoms with Gasteiger partial charge < -0.3 is 34.1 Å². The molecule has 5 fully saturated rings. The predicted molar refractivity (Wildman–Crippen MR) is 226 cm³/mol. The topological polar surface area (TPSA) is 174 Å². The maximum absolute atomic E-state index is 14.9. The van der Waals surface area contributed by atoms with Crippen LogP contribution in [-0.2, 0) is 19.2 Å². The largest absolute Gasteiger partial charge is 0.493 e. The van der Waals surface area contributed by atoms with Gasteiger partial charge in [0.05, 0.1) is 27.4 Å². The minimum Gasteiger partial charge on any atom is -0.493 e. The number of carbonyl (C=O) groups excluding carboxylic acids is 4. The van der Waals surface area contributed by atoms with Crippen LogP contribution in [0.2, 0.25) is 0 Å². The lowest BCUT2D eigenvalue weighted by Gasteiger charge is -2.37. The second-order valence-corrected chi connectivity index (χ2v) is 18.0. The fourth-order valence-electron chi connectivity index (χ4n) is 8.24. The van der Waals surface area contributed by atoms with E-state index in [9.17, 15) is 19.2 Å². The SMILES string of the molecule is COc1ccc(C2CC(=O)N(C(C(=O)Nc3cccc(C)n3)C(C(=O)Nc3nnc(C4CC4)s3)N3CC(c4ccc(OC)c(OCC5CC5)c4)CC3=O)C2)cc1OCC1CC1. The predicted octanol–water partition coefficient (Wildman–Crippen LogP) is 6.06. The molecule has 0 radical (unpaired) electrons. The Hall–Kier alpha value is -5.77. The first-order chi connectivity index (χ1) is 29.6. The second kappa shape index (κ2) is 17.3. The highest BCUT2D eigenvalue weighted by molar-refractivity contribution is 7.15. The number of carbonyl (C=O) groups is 4. The van der Waals surface area contributed by atoms with Crippen LogP contribution in [0, 0.1) is 18.8 Å². The third kappa shape index (κ3) is 9.28. The van der Waals surface area contributed by atoms with Crippen LogP contribution in [0.3, 0.4) is 0 Å². The van der Waals surface area contributed by atoms with Crippen molar-refractivity contribution in [1.82, 2.24) is 25.0 Å². The number of anilines is 2. The molecule has 2 aromatic carbocycles. The van der Waals surface area contributed by atoms with E-state index in [1.165, 1.54) is 21.1 Å². The lowest BCUT2D eigenvalue weighted by molar-refractivity contribution is -0.145. The molecule has 15 nitrogen and oxygen atoms in total. The van der Waals surface area contributed by atoms with Gasteiger partial charge in [0.25, 0.3) is 11.8 Å². The Labute approximate surface area is 358 Å². The van der Waals surface area contributed by atoms with Crippen LogP contribution < -0.4 is 29.6 Å². The van der Waals surface area contributed by atoms with Gasteiger partial charge in [-0.25, -0.2) is 4.98 Å². The maximum Gasteiger partial charge on any atom is 0.251 e. The van der Waals surface area contributed by atoms with Crippen molar-refractivity contribution in [1.29, 1.82) is 0 Å². The van der Waals surface area contributed by atoms with Crippen LogP contribution in [0.4, 0.5) is 10.9 Å².